The molecule has 1 aromatic carbocycles. The van der Waals surface area contributed by atoms with Gasteiger partial charge in [-0.25, -0.2) is 9.37 Å². The second-order valence-corrected chi connectivity index (χ2v) is 9.09. The number of benzene rings is 1. The van der Waals surface area contributed by atoms with Crippen LogP contribution in [0, 0.1) is 11.7 Å². The normalized spacial score (nSPS) is 20.5. The van der Waals surface area contributed by atoms with Crippen LogP contribution in [0.3, 0.4) is 0 Å². The number of likely N-dealkylation sites (tertiary alicyclic amines) is 1. The molecule has 0 radical (unpaired) electrons. The third-order valence-corrected chi connectivity index (χ3v) is 6.56. The van der Waals surface area contributed by atoms with E-state index in [9.17, 15) is 4.39 Å². The Hall–Kier alpha value is -2.67. The lowest BCUT2D eigenvalue weighted by atomic mass is 9.99. The van der Waals surface area contributed by atoms with Gasteiger partial charge < -0.3 is 15.5 Å². The molecule has 1 atom stereocenters. The number of hydrogen-bond donors (Lipinski definition) is 2. The van der Waals surface area contributed by atoms with E-state index in [1.165, 1.54) is 43.1 Å². The van der Waals surface area contributed by atoms with Crippen LogP contribution >= 0.6 is 0 Å². The van der Waals surface area contributed by atoms with Gasteiger partial charge in [-0.15, -0.1) is 0 Å². The van der Waals surface area contributed by atoms with Crippen molar-refractivity contribution in [3.8, 4) is 0 Å². The molecule has 2 fully saturated rings. The minimum absolute atomic E-state index is 0.206. The van der Waals surface area contributed by atoms with Crippen molar-refractivity contribution in [3.63, 3.8) is 0 Å². The number of guanidine groups is 1. The largest absolute Gasteiger partial charge is 0.352 e. The molecule has 172 valence electrons. The second-order valence-electron chi connectivity index (χ2n) is 9.09. The van der Waals surface area contributed by atoms with Crippen molar-refractivity contribution in [2.45, 2.75) is 45.3 Å². The van der Waals surface area contributed by atoms with Gasteiger partial charge in [0, 0.05) is 45.5 Å². The quantitative estimate of drug-likeness (QED) is 0.535. The summed E-state index contributed by atoms with van der Waals surface area (Å²) in [6.45, 7) is 8.00. The predicted molar refractivity (Wildman–Crippen MR) is 128 cm³/mol. The highest BCUT2D eigenvalue weighted by molar-refractivity contribution is 5.80. The Morgan fingerprint density at radius 3 is 2.56 bits per heavy atom. The molecule has 6 nitrogen and oxygen atoms in total. The number of rotatable bonds is 6. The lowest BCUT2D eigenvalue weighted by molar-refractivity contribution is 0.185. The van der Waals surface area contributed by atoms with Crippen LogP contribution in [0.5, 0.6) is 0 Å². The van der Waals surface area contributed by atoms with E-state index in [1.807, 2.05) is 4.90 Å². The van der Waals surface area contributed by atoms with Crippen LogP contribution in [0.4, 0.5) is 10.2 Å². The van der Waals surface area contributed by atoms with Crippen LogP contribution in [0.25, 0.3) is 0 Å². The number of anilines is 1. The predicted octanol–water partition coefficient (Wildman–Crippen LogP) is 3.40. The van der Waals surface area contributed by atoms with Gasteiger partial charge in [-0.1, -0.05) is 31.2 Å². The third-order valence-electron chi connectivity index (χ3n) is 6.56. The van der Waals surface area contributed by atoms with Gasteiger partial charge in [-0.2, -0.15) is 0 Å². The fourth-order valence-corrected chi connectivity index (χ4v) is 4.50. The van der Waals surface area contributed by atoms with E-state index >= 15 is 0 Å². The molecule has 0 saturated carbocycles. The first kappa shape index (κ1) is 22.5. The molecule has 0 amide bonds. The zero-order valence-electron chi connectivity index (χ0n) is 19.2. The van der Waals surface area contributed by atoms with Crippen LogP contribution in [-0.2, 0) is 13.1 Å². The lowest BCUT2D eigenvalue weighted by Crippen LogP contribution is -2.44. The minimum atomic E-state index is -0.269. The maximum absolute atomic E-state index is 14.0. The van der Waals surface area contributed by atoms with E-state index < -0.39 is 0 Å². The van der Waals surface area contributed by atoms with Gasteiger partial charge >= 0.3 is 0 Å². The second kappa shape index (κ2) is 10.8. The molecule has 1 unspecified atom stereocenters. The minimum Gasteiger partial charge on any atom is -0.352 e. The molecule has 2 saturated heterocycles. The first-order valence-electron chi connectivity index (χ1n) is 11.7. The Morgan fingerprint density at radius 2 is 1.84 bits per heavy atom. The van der Waals surface area contributed by atoms with E-state index in [4.69, 9.17) is 0 Å². The molecule has 7 heteroatoms. The Morgan fingerprint density at radius 1 is 1.09 bits per heavy atom. The Bertz CT molecular complexity index is 892. The van der Waals surface area contributed by atoms with Gasteiger partial charge in [0.05, 0.1) is 0 Å². The van der Waals surface area contributed by atoms with Crippen molar-refractivity contribution in [2.75, 3.05) is 38.1 Å². The van der Waals surface area contributed by atoms with E-state index in [1.54, 1.807) is 19.3 Å². The number of aliphatic imine (C=N–C) groups is 1. The van der Waals surface area contributed by atoms with Crippen LogP contribution in [-0.4, -0.2) is 55.1 Å². The number of nitrogens with zero attached hydrogens (tertiary/aromatic N) is 4. The molecule has 2 aliphatic rings. The van der Waals surface area contributed by atoms with Crippen molar-refractivity contribution < 1.29 is 4.39 Å². The summed E-state index contributed by atoms with van der Waals surface area (Å²) in [5, 5.41) is 6.87. The average Bonchev–Trinajstić information content (AvgIpc) is 3.27. The highest BCUT2D eigenvalue weighted by atomic mass is 19.1. The number of aromatic nitrogens is 1. The maximum atomic E-state index is 14.0. The van der Waals surface area contributed by atoms with Gasteiger partial charge in [0.25, 0.3) is 0 Å². The summed E-state index contributed by atoms with van der Waals surface area (Å²) in [4.78, 5) is 13.1. The van der Waals surface area contributed by atoms with Crippen molar-refractivity contribution in [3.05, 3.63) is 59.5 Å². The van der Waals surface area contributed by atoms with E-state index in [2.05, 4.69) is 56.7 Å². The molecule has 32 heavy (non-hydrogen) atoms. The smallest absolute Gasteiger partial charge is 0.191 e. The van der Waals surface area contributed by atoms with Crippen LogP contribution in [0.2, 0.25) is 0 Å². The van der Waals surface area contributed by atoms with Crippen molar-refractivity contribution in [2.24, 2.45) is 10.9 Å². The van der Waals surface area contributed by atoms with Crippen LogP contribution in [0.15, 0.2) is 47.6 Å². The molecule has 0 aliphatic carbocycles. The lowest BCUT2D eigenvalue weighted by Gasteiger charge is -2.30. The molecular formula is C25H35FN6. The zero-order chi connectivity index (χ0) is 22.3. The first-order chi connectivity index (χ1) is 15.6. The molecule has 2 aliphatic heterocycles. The fraction of sp³-hybridized carbons (Fsp3) is 0.520. The van der Waals surface area contributed by atoms with E-state index in [-0.39, 0.29) is 11.9 Å². The van der Waals surface area contributed by atoms with Gasteiger partial charge in [-0.05, 0) is 61.5 Å². The zero-order valence-corrected chi connectivity index (χ0v) is 19.2. The number of halogens is 1. The fourth-order valence-electron chi connectivity index (χ4n) is 4.50. The monoisotopic (exact) mass is 438 g/mol. The molecule has 0 bridgehead atoms. The van der Waals surface area contributed by atoms with Crippen LogP contribution in [0.1, 0.15) is 37.3 Å². The highest BCUT2D eigenvalue weighted by Crippen LogP contribution is 2.21. The summed E-state index contributed by atoms with van der Waals surface area (Å²) in [6.07, 6.45) is 5.17. The van der Waals surface area contributed by atoms with Gasteiger partial charge in [0.2, 0.25) is 0 Å². The SMILES string of the molecule is CN=C(NCc1ccc(CN2CCC(C)CC2)cc1)NC1CCN(c2ncccc2F)C1. The van der Waals surface area contributed by atoms with E-state index in [0.717, 1.165) is 31.4 Å². The molecule has 3 heterocycles. The van der Waals surface area contributed by atoms with Crippen molar-refractivity contribution >= 4 is 11.8 Å². The topological polar surface area (TPSA) is 55.8 Å². The number of pyridine rings is 1. The summed E-state index contributed by atoms with van der Waals surface area (Å²) in [7, 11) is 1.78. The highest BCUT2D eigenvalue weighted by Gasteiger charge is 2.26. The molecule has 2 N–H and O–H groups in total. The summed E-state index contributed by atoms with van der Waals surface area (Å²) < 4.78 is 14.0. The molecular weight excluding hydrogens is 403 g/mol. The molecule has 0 spiro atoms. The summed E-state index contributed by atoms with van der Waals surface area (Å²) in [5.74, 6) is 1.80. The molecule has 4 rings (SSSR count). The van der Waals surface area contributed by atoms with Crippen molar-refractivity contribution in [1.82, 2.24) is 20.5 Å². The Labute approximate surface area is 190 Å². The average molecular weight is 439 g/mol. The third kappa shape index (κ3) is 5.97. The Kier molecular flexibility index (Phi) is 7.58. The standard InChI is InChI=1S/C25H35FN6/c1-19-9-13-31(14-10-19)17-21-7-5-20(6-8-21)16-29-25(27-2)30-22-11-15-32(18-22)24-23(26)4-3-12-28-24/h3-8,12,19,22H,9-11,13-18H2,1-2H3,(H2,27,29,30). The van der Waals surface area contributed by atoms with E-state index in [0.29, 0.717) is 18.9 Å². The molecule has 2 aromatic rings. The first-order valence-corrected chi connectivity index (χ1v) is 11.7. The maximum Gasteiger partial charge on any atom is 0.191 e. The molecule has 1 aromatic heterocycles. The number of nitrogens with one attached hydrogen (secondary N) is 2. The van der Waals surface area contributed by atoms with Crippen LogP contribution < -0.4 is 15.5 Å². The van der Waals surface area contributed by atoms with Gasteiger partial charge in [0.15, 0.2) is 17.6 Å². The van der Waals surface area contributed by atoms with Gasteiger partial charge in [-0.3, -0.25) is 9.89 Å². The number of hydrogen-bond acceptors (Lipinski definition) is 4. The summed E-state index contributed by atoms with van der Waals surface area (Å²) in [5.41, 5.74) is 2.60. The van der Waals surface area contributed by atoms with Gasteiger partial charge in [0.1, 0.15) is 0 Å². The van der Waals surface area contributed by atoms with Crippen molar-refractivity contribution in [1.29, 1.82) is 0 Å². The summed E-state index contributed by atoms with van der Waals surface area (Å²) in [6, 6.07) is 12.2. The Balaban J connectivity index is 1.23. The summed E-state index contributed by atoms with van der Waals surface area (Å²) >= 11 is 0. The number of piperidine rings is 1.